The van der Waals surface area contributed by atoms with E-state index in [2.05, 4.69) is 37.6 Å². The molecule has 0 fully saturated rings. The summed E-state index contributed by atoms with van der Waals surface area (Å²) in [5.74, 6) is 1.85. The monoisotopic (exact) mass is 330 g/mol. The van der Waals surface area contributed by atoms with Crippen molar-refractivity contribution in [2.45, 2.75) is 41.2 Å². The van der Waals surface area contributed by atoms with Gasteiger partial charge in [0.25, 0.3) is 0 Å². The standard InChI is InChI=1S/C20H30N2O2/c1-13(2)10-22(11-14(3)4)12-17-15(5)21-19-16(20(17)23)8-7-9-18(19)24-6/h7-9,13-14H,10-12H2,1-6H3,(H,21,23). The Kier molecular flexibility index (Phi) is 6.05. The minimum atomic E-state index is 0.109. The van der Waals surface area contributed by atoms with Crippen LogP contribution in [0.5, 0.6) is 5.75 Å². The zero-order valence-electron chi connectivity index (χ0n) is 15.8. The van der Waals surface area contributed by atoms with Crippen LogP contribution in [0.25, 0.3) is 10.9 Å². The zero-order chi connectivity index (χ0) is 17.9. The van der Waals surface area contributed by atoms with E-state index >= 15 is 0 Å². The molecule has 132 valence electrons. The third-order valence-electron chi connectivity index (χ3n) is 4.16. The first kappa shape index (κ1) is 18.5. The van der Waals surface area contributed by atoms with Crippen LogP contribution in [0.4, 0.5) is 0 Å². The number of ether oxygens (including phenoxy) is 1. The quantitative estimate of drug-likeness (QED) is 0.836. The molecule has 0 aliphatic carbocycles. The number of H-pyrrole nitrogens is 1. The van der Waals surface area contributed by atoms with Gasteiger partial charge in [0, 0.05) is 36.3 Å². The molecule has 0 spiro atoms. The van der Waals surface area contributed by atoms with Gasteiger partial charge >= 0.3 is 0 Å². The van der Waals surface area contributed by atoms with Crippen molar-refractivity contribution in [3.63, 3.8) is 0 Å². The molecule has 2 rings (SSSR count). The number of para-hydroxylation sites is 1. The zero-order valence-corrected chi connectivity index (χ0v) is 15.8. The molecule has 4 nitrogen and oxygen atoms in total. The number of nitrogens with one attached hydrogen (secondary N) is 1. The van der Waals surface area contributed by atoms with Gasteiger partial charge in [-0.25, -0.2) is 0 Å². The highest BCUT2D eigenvalue weighted by atomic mass is 16.5. The molecule has 1 aromatic heterocycles. The lowest BCUT2D eigenvalue weighted by Crippen LogP contribution is -2.33. The molecule has 4 heteroatoms. The van der Waals surface area contributed by atoms with E-state index in [0.29, 0.717) is 29.5 Å². The Morgan fingerprint density at radius 3 is 2.29 bits per heavy atom. The fourth-order valence-electron chi connectivity index (χ4n) is 3.27. The predicted octanol–water partition coefficient (Wildman–Crippen LogP) is 3.96. The number of nitrogens with zero attached hydrogens (tertiary/aromatic N) is 1. The minimum absolute atomic E-state index is 0.109. The average Bonchev–Trinajstić information content (AvgIpc) is 2.49. The Morgan fingerprint density at radius 1 is 1.12 bits per heavy atom. The summed E-state index contributed by atoms with van der Waals surface area (Å²) in [7, 11) is 1.63. The summed E-state index contributed by atoms with van der Waals surface area (Å²) >= 11 is 0. The fraction of sp³-hybridized carbons (Fsp3) is 0.550. The number of aromatic amines is 1. The van der Waals surface area contributed by atoms with Crippen molar-refractivity contribution >= 4 is 10.9 Å². The lowest BCUT2D eigenvalue weighted by Gasteiger charge is -2.26. The van der Waals surface area contributed by atoms with E-state index < -0.39 is 0 Å². The summed E-state index contributed by atoms with van der Waals surface area (Å²) < 4.78 is 5.38. The lowest BCUT2D eigenvalue weighted by molar-refractivity contribution is 0.210. The van der Waals surface area contributed by atoms with Crippen LogP contribution in [-0.4, -0.2) is 30.1 Å². The number of aryl methyl sites for hydroxylation is 1. The molecular formula is C20H30N2O2. The maximum Gasteiger partial charge on any atom is 0.194 e. The van der Waals surface area contributed by atoms with Crippen molar-refractivity contribution < 1.29 is 4.74 Å². The third kappa shape index (κ3) is 4.18. The first-order valence-electron chi connectivity index (χ1n) is 8.74. The largest absolute Gasteiger partial charge is 0.495 e. The van der Waals surface area contributed by atoms with Crippen molar-refractivity contribution in [2.24, 2.45) is 11.8 Å². The van der Waals surface area contributed by atoms with Gasteiger partial charge in [-0.2, -0.15) is 0 Å². The van der Waals surface area contributed by atoms with Gasteiger partial charge in [-0.05, 0) is 30.9 Å². The highest BCUT2D eigenvalue weighted by molar-refractivity contribution is 5.85. The maximum absolute atomic E-state index is 13.0. The summed E-state index contributed by atoms with van der Waals surface area (Å²) in [6, 6.07) is 5.62. The minimum Gasteiger partial charge on any atom is -0.495 e. The van der Waals surface area contributed by atoms with Crippen molar-refractivity contribution in [3.8, 4) is 5.75 Å². The lowest BCUT2D eigenvalue weighted by atomic mass is 10.1. The van der Waals surface area contributed by atoms with E-state index in [1.165, 1.54) is 0 Å². The van der Waals surface area contributed by atoms with Gasteiger partial charge in [-0.1, -0.05) is 33.8 Å². The summed E-state index contributed by atoms with van der Waals surface area (Å²) in [5.41, 5.74) is 2.68. The Hall–Kier alpha value is -1.81. The van der Waals surface area contributed by atoms with Crippen LogP contribution in [0.3, 0.4) is 0 Å². The third-order valence-corrected chi connectivity index (χ3v) is 4.16. The molecule has 1 aromatic carbocycles. The topological polar surface area (TPSA) is 45.3 Å². The maximum atomic E-state index is 13.0. The molecule has 0 aliphatic rings. The molecule has 0 saturated carbocycles. The van der Waals surface area contributed by atoms with Gasteiger partial charge < -0.3 is 9.72 Å². The number of aromatic nitrogens is 1. The van der Waals surface area contributed by atoms with Crippen molar-refractivity contribution in [1.29, 1.82) is 0 Å². The normalized spacial score (nSPS) is 11.9. The van der Waals surface area contributed by atoms with E-state index in [1.54, 1.807) is 7.11 Å². The molecule has 2 aromatic rings. The van der Waals surface area contributed by atoms with Crippen molar-refractivity contribution in [1.82, 2.24) is 9.88 Å². The first-order valence-corrected chi connectivity index (χ1v) is 8.74. The number of methoxy groups -OCH3 is 1. The van der Waals surface area contributed by atoms with E-state index in [0.717, 1.165) is 29.9 Å². The van der Waals surface area contributed by atoms with Crippen molar-refractivity contribution in [3.05, 3.63) is 39.7 Å². The molecule has 24 heavy (non-hydrogen) atoms. The van der Waals surface area contributed by atoms with Gasteiger partial charge in [-0.15, -0.1) is 0 Å². The fourth-order valence-corrected chi connectivity index (χ4v) is 3.27. The van der Waals surface area contributed by atoms with Crippen molar-refractivity contribution in [2.75, 3.05) is 20.2 Å². The molecule has 0 amide bonds. The number of hydrogen-bond donors (Lipinski definition) is 1. The predicted molar refractivity (Wildman–Crippen MR) is 101 cm³/mol. The van der Waals surface area contributed by atoms with Crippen LogP contribution in [0.15, 0.2) is 23.0 Å². The van der Waals surface area contributed by atoms with Gasteiger partial charge in [0.05, 0.1) is 12.6 Å². The molecule has 0 aliphatic heterocycles. The van der Waals surface area contributed by atoms with E-state index in [9.17, 15) is 4.79 Å². The SMILES string of the molecule is COc1cccc2c(=O)c(CN(CC(C)C)CC(C)C)c(C)[nH]c12. The van der Waals surface area contributed by atoms with E-state index in [-0.39, 0.29) is 5.43 Å². The number of hydrogen-bond acceptors (Lipinski definition) is 3. The molecule has 1 heterocycles. The highest BCUT2D eigenvalue weighted by Crippen LogP contribution is 2.23. The summed E-state index contributed by atoms with van der Waals surface area (Å²) in [6.07, 6.45) is 0. The number of benzene rings is 1. The Morgan fingerprint density at radius 2 is 1.75 bits per heavy atom. The van der Waals surface area contributed by atoms with Crippen LogP contribution in [0, 0.1) is 18.8 Å². The van der Waals surface area contributed by atoms with Crippen LogP contribution in [0.2, 0.25) is 0 Å². The van der Waals surface area contributed by atoms with E-state index in [1.807, 2.05) is 25.1 Å². The Balaban J connectivity index is 2.46. The summed E-state index contributed by atoms with van der Waals surface area (Å²) in [4.78, 5) is 18.8. The van der Waals surface area contributed by atoms with E-state index in [4.69, 9.17) is 4.74 Å². The summed E-state index contributed by atoms with van der Waals surface area (Å²) in [5, 5.41) is 0.698. The first-order chi connectivity index (χ1) is 11.3. The molecule has 0 bridgehead atoms. The average molecular weight is 330 g/mol. The second kappa shape index (κ2) is 7.84. The number of pyridine rings is 1. The molecule has 0 unspecified atom stereocenters. The molecule has 0 saturated heterocycles. The number of rotatable bonds is 7. The molecular weight excluding hydrogens is 300 g/mol. The molecule has 0 radical (unpaired) electrons. The molecule has 1 N–H and O–H groups in total. The van der Waals surface area contributed by atoms with Gasteiger partial charge in [0.1, 0.15) is 5.75 Å². The van der Waals surface area contributed by atoms with Crippen LogP contribution in [-0.2, 0) is 6.54 Å². The smallest absolute Gasteiger partial charge is 0.194 e. The Labute approximate surface area is 144 Å². The molecule has 0 atom stereocenters. The Bertz CT molecular complexity index is 737. The number of fused-ring (bicyclic) bond motifs is 1. The second-order valence-electron chi connectivity index (χ2n) is 7.42. The van der Waals surface area contributed by atoms with Crippen LogP contribution in [0.1, 0.15) is 39.0 Å². The highest BCUT2D eigenvalue weighted by Gasteiger charge is 2.16. The van der Waals surface area contributed by atoms with Crippen LogP contribution >= 0.6 is 0 Å². The van der Waals surface area contributed by atoms with Crippen LogP contribution < -0.4 is 10.2 Å². The second-order valence-corrected chi connectivity index (χ2v) is 7.42. The van der Waals surface area contributed by atoms with Gasteiger partial charge in [-0.3, -0.25) is 9.69 Å². The van der Waals surface area contributed by atoms with Gasteiger partial charge in [0.2, 0.25) is 0 Å². The summed E-state index contributed by atoms with van der Waals surface area (Å²) in [6.45, 7) is 13.5. The van der Waals surface area contributed by atoms with Gasteiger partial charge in [0.15, 0.2) is 5.43 Å².